The topological polar surface area (TPSA) is 72.9 Å². The normalized spacial score (nSPS) is 12.1. The van der Waals surface area contributed by atoms with E-state index in [0.29, 0.717) is 12.2 Å². The van der Waals surface area contributed by atoms with Crippen molar-refractivity contribution >= 4 is 5.91 Å². The van der Waals surface area contributed by atoms with Gasteiger partial charge in [-0.05, 0) is 31.5 Å². The van der Waals surface area contributed by atoms with Gasteiger partial charge in [-0.15, -0.1) is 0 Å². The molecule has 1 aromatic carbocycles. The molecule has 1 amide bonds. The summed E-state index contributed by atoms with van der Waals surface area (Å²) in [5, 5.41) is 7.05. The van der Waals surface area contributed by atoms with Gasteiger partial charge in [0, 0.05) is 18.8 Å². The Bertz CT molecular complexity index is 533. The SMILES string of the molecule is CC(N)CCNC(=O)c1ccn(-c2ccccc2)n1. The fourth-order valence-electron chi connectivity index (χ4n) is 1.67. The summed E-state index contributed by atoms with van der Waals surface area (Å²) in [7, 11) is 0. The van der Waals surface area contributed by atoms with Crippen molar-refractivity contribution in [1.29, 1.82) is 0 Å². The number of carbonyl (C=O) groups excluding carboxylic acids is 1. The molecular weight excluding hydrogens is 240 g/mol. The van der Waals surface area contributed by atoms with Crippen molar-refractivity contribution in [2.45, 2.75) is 19.4 Å². The lowest BCUT2D eigenvalue weighted by molar-refractivity contribution is 0.0947. The Balaban J connectivity index is 1.99. The number of rotatable bonds is 5. The maximum Gasteiger partial charge on any atom is 0.271 e. The monoisotopic (exact) mass is 258 g/mol. The number of hydrogen-bond donors (Lipinski definition) is 2. The first-order valence-corrected chi connectivity index (χ1v) is 6.31. The molecule has 5 heteroatoms. The second-order valence-electron chi connectivity index (χ2n) is 4.50. The van der Waals surface area contributed by atoms with E-state index in [-0.39, 0.29) is 11.9 Å². The number of benzene rings is 1. The van der Waals surface area contributed by atoms with E-state index in [2.05, 4.69) is 10.4 Å². The first-order valence-electron chi connectivity index (χ1n) is 6.31. The van der Waals surface area contributed by atoms with Gasteiger partial charge in [-0.2, -0.15) is 5.10 Å². The fourth-order valence-corrected chi connectivity index (χ4v) is 1.67. The lowest BCUT2D eigenvalue weighted by atomic mass is 10.2. The van der Waals surface area contributed by atoms with Crippen molar-refractivity contribution in [3.8, 4) is 5.69 Å². The molecular formula is C14H18N4O. The second kappa shape index (κ2) is 6.15. The highest BCUT2D eigenvalue weighted by molar-refractivity contribution is 5.92. The summed E-state index contributed by atoms with van der Waals surface area (Å²) in [6.07, 6.45) is 2.53. The minimum absolute atomic E-state index is 0.0853. The Hall–Kier alpha value is -2.14. The highest BCUT2D eigenvalue weighted by Crippen LogP contribution is 2.06. The van der Waals surface area contributed by atoms with Gasteiger partial charge in [-0.25, -0.2) is 4.68 Å². The summed E-state index contributed by atoms with van der Waals surface area (Å²) in [6.45, 7) is 2.48. The van der Waals surface area contributed by atoms with Gasteiger partial charge in [-0.1, -0.05) is 18.2 Å². The number of aromatic nitrogens is 2. The van der Waals surface area contributed by atoms with Crippen molar-refractivity contribution in [2.75, 3.05) is 6.54 Å². The average molecular weight is 258 g/mol. The molecule has 0 aliphatic rings. The number of para-hydroxylation sites is 1. The highest BCUT2D eigenvalue weighted by atomic mass is 16.1. The summed E-state index contributed by atoms with van der Waals surface area (Å²) in [5.41, 5.74) is 6.96. The van der Waals surface area contributed by atoms with Crippen LogP contribution in [0.2, 0.25) is 0 Å². The van der Waals surface area contributed by atoms with Crippen LogP contribution in [0.25, 0.3) is 5.69 Å². The maximum absolute atomic E-state index is 11.8. The van der Waals surface area contributed by atoms with Crippen LogP contribution in [0.15, 0.2) is 42.6 Å². The molecule has 0 radical (unpaired) electrons. The Morgan fingerprint density at radius 1 is 1.37 bits per heavy atom. The Morgan fingerprint density at radius 2 is 2.11 bits per heavy atom. The molecule has 0 bridgehead atoms. The van der Waals surface area contributed by atoms with Crippen LogP contribution in [-0.4, -0.2) is 28.3 Å². The van der Waals surface area contributed by atoms with Gasteiger partial charge in [0.25, 0.3) is 5.91 Å². The van der Waals surface area contributed by atoms with Crippen LogP contribution in [0.5, 0.6) is 0 Å². The molecule has 100 valence electrons. The van der Waals surface area contributed by atoms with Crippen molar-refractivity contribution in [3.63, 3.8) is 0 Å². The van der Waals surface area contributed by atoms with E-state index in [1.54, 1.807) is 16.9 Å². The molecule has 0 aliphatic heterocycles. The zero-order chi connectivity index (χ0) is 13.7. The summed E-state index contributed by atoms with van der Waals surface area (Å²) in [6, 6.07) is 11.5. The zero-order valence-electron chi connectivity index (χ0n) is 10.9. The predicted molar refractivity (Wildman–Crippen MR) is 74.2 cm³/mol. The number of nitrogens with one attached hydrogen (secondary N) is 1. The molecule has 0 spiro atoms. The molecule has 1 heterocycles. The van der Waals surface area contributed by atoms with Gasteiger partial charge in [0.05, 0.1) is 5.69 Å². The first kappa shape index (κ1) is 13.3. The maximum atomic E-state index is 11.8. The molecule has 1 unspecified atom stereocenters. The average Bonchev–Trinajstić information content (AvgIpc) is 2.89. The molecule has 1 atom stereocenters. The standard InChI is InChI=1S/C14H18N4O/c1-11(15)7-9-16-14(19)13-8-10-18(17-13)12-5-3-2-4-6-12/h2-6,8,10-11H,7,9,15H2,1H3,(H,16,19). The predicted octanol–water partition coefficient (Wildman–Crippen LogP) is 1.34. The van der Waals surface area contributed by atoms with Crippen molar-refractivity contribution < 1.29 is 4.79 Å². The number of hydrogen-bond acceptors (Lipinski definition) is 3. The van der Waals surface area contributed by atoms with Gasteiger partial charge in [0.2, 0.25) is 0 Å². The Labute approximate surface area is 112 Å². The minimum atomic E-state index is -0.171. The first-order chi connectivity index (χ1) is 9.16. The smallest absolute Gasteiger partial charge is 0.271 e. The molecule has 0 aliphatic carbocycles. The van der Waals surface area contributed by atoms with Gasteiger partial charge >= 0.3 is 0 Å². The van der Waals surface area contributed by atoms with E-state index in [1.807, 2.05) is 37.3 Å². The molecule has 0 saturated carbocycles. The van der Waals surface area contributed by atoms with Crippen LogP contribution < -0.4 is 11.1 Å². The van der Waals surface area contributed by atoms with Crippen LogP contribution in [0, 0.1) is 0 Å². The lowest BCUT2D eigenvalue weighted by Gasteiger charge is -2.05. The van der Waals surface area contributed by atoms with Crippen molar-refractivity contribution in [2.24, 2.45) is 5.73 Å². The van der Waals surface area contributed by atoms with Crippen LogP contribution in [0.1, 0.15) is 23.8 Å². The fraction of sp³-hybridized carbons (Fsp3) is 0.286. The molecule has 2 aromatic rings. The van der Waals surface area contributed by atoms with E-state index in [4.69, 9.17) is 5.73 Å². The van der Waals surface area contributed by atoms with Gasteiger partial charge < -0.3 is 11.1 Å². The Morgan fingerprint density at radius 3 is 2.79 bits per heavy atom. The molecule has 2 rings (SSSR count). The van der Waals surface area contributed by atoms with Crippen LogP contribution in [0.3, 0.4) is 0 Å². The van der Waals surface area contributed by atoms with E-state index in [1.165, 1.54) is 0 Å². The van der Waals surface area contributed by atoms with E-state index in [0.717, 1.165) is 12.1 Å². The largest absolute Gasteiger partial charge is 0.351 e. The third-order valence-electron chi connectivity index (χ3n) is 2.73. The van der Waals surface area contributed by atoms with E-state index >= 15 is 0 Å². The van der Waals surface area contributed by atoms with E-state index in [9.17, 15) is 4.79 Å². The van der Waals surface area contributed by atoms with Gasteiger partial charge in [-0.3, -0.25) is 4.79 Å². The summed E-state index contributed by atoms with van der Waals surface area (Å²) in [5.74, 6) is -0.171. The minimum Gasteiger partial charge on any atom is -0.351 e. The third kappa shape index (κ3) is 3.66. The van der Waals surface area contributed by atoms with Crippen LogP contribution in [0.4, 0.5) is 0 Å². The molecule has 1 aromatic heterocycles. The van der Waals surface area contributed by atoms with E-state index < -0.39 is 0 Å². The lowest BCUT2D eigenvalue weighted by Crippen LogP contribution is -2.29. The molecule has 0 saturated heterocycles. The quantitative estimate of drug-likeness (QED) is 0.850. The molecule has 0 fully saturated rings. The summed E-state index contributed by atoms with van der Waals surface area (Å²) in [4.78, 5) is 11.8. The second-order valence-corrected chi connectivity index (χ2v) is 4.50. The van der Waals surface area contributed by atoms with Crippen molar-refractivity contribution in [1.82, 2.24) is 15.1 Å². The van der Waals surface area contributed by atoms with Gasteiger partial charge in [0.15, 0.2) is 5.69 Å². The van der Waals surface area contributed by atoms with Crippen molar-refractivity contribution in [3.05, 3.63) is 48.3 Å². The Kier molecular flexibility index (Phi) is 4.30. The number of amides is 1. The highest BCUT2D eigenvalue weighted by Gasteiger charge is 2.09. The molecule has 3 N–H and O–H groups in total. The molecule has 5 nitrogen and oxygen atoms in total. The summed E-state index contributed by atoms with van der Waals surface area (Å²) < 4.78 is 1.68. The third-order valence-corrected chi connectivity index (χ3v) is 2.73. The zero-order valence-corrected chi connectivity index (χ0v) is 10.9. The summed E-state index contributed by atoms with van der Waals surface area (Å²) >= 11 is 0. The van der Waals surface area contributed by atoms with Crippen LogP contribution >= 0.6 is 0 Å². The number of carbonyl (C=O) groups is 1. The van der Waals surface area contributed by atoms with Crippen LogP contribution in [-0.2, 0) is 0 Å². The number of nitrogens with two attached hydrogens (primary N) is 1. The van der Waals surface area contributed by atoms with Gasteiger partial charge in [0.1, 0.15) is 0 Å². The molecule has 19 heavy (non-hydrogen) atoms. The number of nitrogens with zero attached hydrogens (tertiary/aromatic N) is 2.